The Morgan fingerprint density at radius 3 is 2.81 bits per heavy atom. The van der Waals surface area contributed by atoms with E-state index in [0.717, 1.165) is 19.0 Å². The number of likely N-dealkylation sites (tertiary alicyclic amines) is 1. The van der Waals surface area contributed by atoms with Crippen LogP contribution < -0.4 is 10.6 Å². The number of carboxylic acid groups (broad SMARTS) is 1. The van der Waals surface area contributed by atoms with Gasteiger partial charge in [0.05, 0.1) is 17.3 Å². The van der Waals surface area contributed by atoms with Crippen LogP contribution in [0.15, 0.2) is 18.6 Å². The first-order valence-electron chi connectivity index (χ1n) is 12.3. The summed E-state index contributed by atoms with van der Waals surface area (Å²) in [7, 11) is -1.25. The standard InChI is InChI=1S/C23H35FN8O3Si/c1-5-32-13-17(11-25-32)27-22-28-20(26-16-7-6-8-30(12-16)23(33)34)19-18(24)14-31(21(19)29-22)15-35-9-10-36(2,3)4/h11,13-14,16H,5-10,12,15H2,1-4H3,(H,33,34)(H2,26,27,28,29). The number of carbonyl (C=O) groups is 1. The Labute approximate surface area is 210 Å². The molecular weight excluding hydrogens is 483 g/mol. The highest BCUT2D eigenvalue weighted by molar-refractivity contribution is 6.76. The predicted octanol–water partition coefficient (Wildman–Crippen LogP) is 4.40. The lowest BCUT2D eigenvalue weighted by atomic mass is 10.1. The van der Waals surface area contributed by atoms with Gasteiger partial charge in [0.1, 0.15) is 12.5 Å². The van der Waals surface area contributed by atoms with Gasteiger partial charge in [-0.1, -0.05) is 19.6 Å². The summed E-state index contributed by atoms with van der Waals surface area (Å²) in [5.41, 5.74) is 1.11. The van der Waals surface area contributed by atoms with Gasteiger partial charge in [-0.05, 0) is 25.8 Å². The number of rotatable bonds is 10. The first-order valence-corrected chi connectivity index (χ1v) is 16.0. The van der Waals surface area contributed by atoms with Gasteiger partial charge < -0.3 is 29.9 Å². The number of hydrogen-bond donors (Lipinski definition) is 3. The summed E-state index contributed by atoms with van der Waals surface area (Å²) in [5.74, 6) is 0.145. The molecule has 196 valence electrons. The number of nitrogens with zero attached hydrogens (tertiary/aromatic N) is 6. The molecule has 3 aromatic rings. The molecule has 11 nitrogen and oxygen atoms in total. The van der Waals surface area contributed by atoms with Crippen molar-refractivity contribution < 1.29 is 19.0 Å². The van der Waals surface area contributed by atoms with Gasteiger partial charge in [0.25, 0.3) is 0 Å². The minimum Gasteiger partial charge on any atom is -0.465 e. The van der Waals surface area contributed by atoms with Gasteiger partial charge in [-0.15, -0.1) is 0 Å². The quantitative estimate of drug-likeness (QED) is 0.267. The fraction of sp³-hybridized carbons (Fsp3) is 0.565. The van der Waals surface area contributed by atoms with E-state index < -0.39 is 20.0 Å². The fourth-order valence-electron chi connectivity index (χ4n) is 4.13. The van der Waals surface area contributed by atoms with E-state index in [9.17, 15) is 9.90 Å². The number of fused-ring (bicyclic) bond motifs is 1. The maximum atomic E-state index is 15.2. The predicted molar refractivity (Wildman–Crippen MR) is 139 cm³/mol. The second-order valence-electron chi connectivity index (χ2n) is 10.3. The van der Waals surface area contributed by atoms with Gasteiger partial charge in [-0.3, -0.25) is 4.68 Å². The number of nitrogens with one attached hydrogen (secondary N) is 2. The SMILES string of the molecule is CCn1cc(Nc2nc(NC3CCCN(C(=O)O)C3)c3c(F)cn(COCC[Si](C)(C)C)c3n2)cn1. The third-order valence-corrected chi connectivity index (χ3v) is 7.85. The van der Waals surface area contributed by atoms with Crippen LogP contribution in [-0.4, -0.2) is 74.2 Å². The van der Waals surface area contributed by atoms with Crippen molar-refractivity contribution in [2.45, 2.75) is 64.8 Å². The fourth-order valence-corrected chi connectivity index (χ4v) is 4.89. The molecule has 0 spiro atoms. The van der Waals surface area contributed by atoms with Gasteiger partial charge in [0, 0.05) is 52.8 Å². The Balaban J connectivity index is 1.64. The van der Waals surface area contributed by atoms with Crippen LogP contribution in [0.5, 0.6) is 0 Å². The monoisotopic (exact) mass is 518 g/mol. The van der Waals surface area contributed by atoms with Crippen LogP contribution in [0.25, 0.3) is 11.0 Å². The van der Waals surface area contributed by atoms with Gasteiger partial charge in [-0.2, -0.15) is 15.1 Å². The third-order valence-electron chi connectivity index (χ3n) is 6.14. The van der Waals surface area contributed by atoms with E-state index in [1.54, 1.807) is 15.4 Å². The van der Waals surface area contributed by atoms with Crippen molar-refractivity contribution in [3.05, 3.63) is 24.4 Å². The van der Waals surface area contributed by atoms with Gasteiger partial charge in [0.2, 0.25) is 5.95 Å². The second-order valence-corrected chi connectivity index (χ2v) is 15.9. The van der Waals surface area contributed by atoms with E-state index in [1.165, 1.54) is 11.1 Å². The number of hydrogen-bond acceptors (Lipinski definition) is 7. The van der Waals surface area contributed by atoms with E-state index in [1.807, 2.05) is 13.1 Å². The van der Waals surface area contributed by atoms with Crippen molar-refractivity contribution in [1.29, 1.82) is 0 Å². The summed E-state index contributed by atoms with van der Waals surface area (Å²) in [6.07, 6.45) is 5.40. The second kappa shape index (κ2) is 10.8. The highest BCUT2D eigenvalue weighted by atomic mass is 28.3. The van der Waals surface area contributed by atoms with Crippen LogP contribution in [0.3, 0.4) is 0 Å². The lowest BCUT2D eigenvalue weighted by molar-refractivity contribution is 0.0895. The maximum Gasteiger partial charge on any atom is 0.407 e. The number of ether oxygens (including phenoxy) is 1. The van der Waals surface area contributed by atoms with Crippen molar-refractivity contribution >= 4 is 42.7 Å². The number of aromatic nitrogens is 5. The molecule has 0 aromatic carbocycles. The van der Waals surface area contributed by atoms with E-state index >= 15 is 4.39 Å². The molecule has 0 aliphatic carbocycles. The summed E-state index contributed by atoms with van der Waals surface area (Å²) in [6.45, 7) is 11.1. The Morgan fingerprint density at radius 2 is 2.11 bits per heavy atom. The number of piperidine rings is 1. The highest BCUT2D eigenvalue weighted by Gasteiger charge is 2.26. The van der Waals surface area contributed by atoms with Crippen LogP contribution in [-0.2, 0) is 18.0 Å². The lowest BCUT2D eigenvalue weighted by Crippen LogP contribution is -2.44. The average molecular weight is 519 g/mol. The first kappa shape index (κ1) is 25.9. The topological polar surface area (TPSA) is 122 Å². The van der Waals surface area contributed by atoms with Gasteiger partial charge in [0.15, 0.2) is 11.5 Å². The first-order chi connectivity index (χ1) is 17.1. The smallest absolute Gasteiger partial charge is 0.407 e. The van der Waals surface area contributed by atoms with E-state index in [2.05, 4.69) is 45.3 Å². The molecule has 0 radical (unpaired) electrons. The lowest BCUT2D eigenvalue weighted by Gasteiger charge is -2.31. The summed E-state index contributed by atoms with van der Waals surface area (Å²) in [4.78, 5) is 22.0. The van der Waals surface area contributed by atoms with Crippen molar-refractivity contribution in [1.82, 2.24) is 29.2 Å². The molecule has 4 heterocycles. The zero-order valence-corrected chi connectivity index (χ0v) is 22.3. The Kier molecular flexibility index (Phi) is 7.78. The zero-order chi connectivity index (χ0) is 25.9. The van der Waals surface area contributed by atoms with E-state index in [4.69, 9.17) is 4.74 Å². The Bertz CT molecular complexity index is 1210. The molecule has 3 aromatic heterocycles. The van der Waals surface area contributed by atoms with Crippen LogP contribution >= 0.6 is 0 Å². The molecule has 0 saturated carbocycles. The maximum absolute atomic E-state index is 15.2. The molecule has 0 bridgehead atoms. The zero-order valence-electron chi connectivity index (χ0n) is 21.3. The van der Waals surface area contributed by atoms with Crippen molar-refractivity contribution in [2.24, 2.45) is 0 Å². The van der Waals surface area contributed by atoms with Crippen molar-refractivity contribution in [2.75, 3.05) is 30.3 Å². The Hall–Kier alpha value is -3.19. The summed E-state index contributed by atoms with van der Waals surface area (Å²) < 4.78 is 24.5. The summed E-state index contributed by atoms with van der Waals surface area (Å²) in [6, 6.07) is 0.811. The molecule has 1 aliphatic heterocycles. The van der Waals surface area contributed by atoms with Crippen molar-refractivity contribution in [3.63, 3.8) is 0 Å². The van der Waals surface area contributed by atoms with Gasteiger partial charge >= 0.3 is 6.09 Å². The van der Waals surface area contributed by atoms with Crippen LogP contribution in [0.2, 0.25) is 25.7 Å². The van der Waals surface area contributed by atoms with Crippen LogP contribution in [0.4, 0.5) is 26.6 Å². The molecule has 4 rings (SSSR count). The van der Waals surface area contributed by atoms with Crippen LogP contribution in [0.1, 0.15) is 19.8 Å². The summed E-state index contributed by atoms with van der Waals surface area (Å²) in [5, 5.41) is 20.4. The normalized spacial score (nSPS) is 16.5. The number of anilines is 3. The highest BCUT2D eigenvalue weighted by Crippen LogP contribution is 2.29. The molecule has 1 unspecified atom stereocenters. The summed E-state index contributed by atoms with van der Waals surface area (Å²) >= 11 is 0. The molecule has 1 amide bonds. The molecular formula is C23H35FN8O3Si. The number of amides is 1. The van der Waals surface area contributed by atoms with Gasteiger partial charge in [-0.25, -0.2) is 9.18 Å². The molecule has 3 N–H and O–H groups in total. The molecule has 36 heavy (non-hydrogen) atoms. The van der Waals surface area contributed by atoms with Crippen molar-refractivity contribution in [3.8, 4) is 0 Å². The Morgan fingerprint density at radius 1 is 1.31 bits per heavy atom. The third kappa shape index (κ3) is 6.32. The number of halogens is 1. The molecule has 1 fully saturated rings. The average Bonchev–Trinajstić information content (AvgIpc) is 3.40. The minimum atomic E-state index is -1.25. The number of aryl methyl sites for hydroxylation is 1. The minimum absolute atomic E-state index is 0.171. The van der Waals surface area contributed by atoms with E-state index in [0.29, 0.717) is 43.3 Å². The molecule has 13 heteroatoms. The van der Waals surface area contributed by atoms with E-state index in [-0.39, 0.29) is 24.1 Å². The molecule has 1 atom stereocenters. The largest absolute Gasteiger partial charge is 0.465 e. The molecule has 1 aliphatic rings. The molecule has 1 saturated heterocycles. The van der Waals surface area contributed by atoms with Crippen LogP contribution in [0, 0.1) is 5.82 Å².